The maximum atomic E-state index is 13.4. The Balaban J connectivity index is 2.23. The molecule has 1 atom stereocenters. The van der Waals surface area contributed by atoms with Crippen LogP contribution in [0.2, 0.25) is 0 Å². The van der Waals surface area contributed by atoms with Crippen molar-refractivity contribution in [3.05, 3.63) is 69.9 Å². The van der Waals surface area contributed by atoms with Crippen molar-refractivity contribution in [3.8, 4) is 0 Å². The first-order valence-corrected chi connectivity index (χ1v) is 7.45. The second-order valence-corrected chi connectivity index (χ2v) is 6.49. The Hall–Kier alpha value is -1.19. The minimum absolute atomic E-state index is 0.0944. The molecule has 0 amide bonds. The molecular weight excluding hydrogens is 317 g/mol. The van der Waals surface area contributed by atoms with Gasteiger partial charge in [0.25, 0.3) is 0 Å². The molecule has 0 aliphatic rings. The number of rotatable bonds is 4. The zero-order valence-corrected chi connectivity index (χ0v) is 13.3. The van der Waals surface area contributed by atoms with Crippen molar-refractivity contribution in [1.29, 1.82) is 0 Å². The molecule has 1 nitrogen and oxygen atoms in total. The number of hydrogen-bond donors (Lipinski definition) is 1. The van der Waals surface area contributed by atoms with Crippen LogP contribution in [0.5, 0.6) is 0 Å². The van der Waals surface area contributed by atoms with Crippen molar-refractivity contribution < 1.29 is 4.39 Å². The van der Waals surface area contributed by atoms with Gasteiger partial charge in [-0.1, -0.05) is 60.1 Å². The summed E-state index contributed by atoms with van der Waals surface area (Å²) in [4.78, 5) is 0. The second-order valence-electron chi connectivity index (χ2n) is 5.63. The maximum Gasteiger partial charge on any atom is 0.123 e. The molecule has 106 valence electrons. The van der Waals surface area contributed by atoms with Gasteiger partial charge >= 0.3 is 0 Å². The monoisotopic (exact) mass is 335 g/mol. The summed E-state index contributed by atoms with van der Waals surface area (Å²) in [6.45, 7) is 4.25. The van der Waals surface area contributed by atoms with Crippen LogP contribution >= 0.6 is 15.9 Å². The minimum atomic E-state index is -0.229. The molecule has 20 heavy (non-hydrogen) atoms. The summed E-state index contributed by atoms with van der Waals surface area (Å²) in [6.07, 6.45) is 0.625. The van der Waals surface area contributed by atoms with Gasteiger partial charge in [0.2, 0.25) is 0 Å². The number of benzene rings is 2. The van der Waals surface area contributed by atoms with E-state index in [1.807, 2.05) is 18.2 Å². The van der Waals surface area contributed by atoms with E-state index >= 15 is 0 Å². The smallest absolute Gasteiger partial charge is 0.123 e. The van der Waals surface area contributed by atoms with Gasteiger partial charge < -0.3 is 5.73 Å². The van der Waals surface area contributed by atoms with Gasteiger partial charge in [0.1, 0.15) is 5.82 Å². The molecule has 3 heteroatoms. The highest BCUT2D eigenvalue weighted by atomic mass is 79.9. The van der Waals surface area contributed by atoms with E-state index in [0.717, 1.165) is 10.0 Å². The topological polar surface area (TPSA) is 26.0 Å². The molecule has 2 aromatic carbocycles. The van der Waals surface area contributed by atoms with Crippen molar-refractivity contribution in [2.45, 2.75) is 31.7 Å². The molecule has 0 aliphatic carbocycles. The molecule has 0 saturated heterocycles. The number of halogens is 2. The Bertz CT molecular complexity index is 581. The maximum absolute atomic E-state index is 13.4. The van der Waals surface area contributed by atoms with E-state index in [1.165, 1.54) is 11.6 Å². The Morgan fingerprint density at radius 1 is 1.15 bits per heavy atom. The van der Waals surface area contributed by atoms with E-state index in [0.29, 0.717) is 6.42 Å². The third kappa shape index (κ3) is 3.28. The van der Waals surface area contributed by atoms with E-state index in [2.05, 4.69) is 41.9 Å². The van der Waals surface area contributed by atoms with Crippen LogP contribution < -0.4 is 5.73 Å². The molecule has 0 spiro atoms. The van der Waals surface area contributed by atoms with Crippen LogP contribution in [0.25, 0.3) is 0 Å². The lowest BCUT2D eigenvalue weighted by Gasteiger charge is -2.32. The predicted molar refractivity (Wildman–Crippen MR) is 85.2 cm³/mol. The molecular formula is C17H19BrFN. The number of hydrogen-bond acceptors (Lipinski definition) is 1. The first-order valence-electron chi connectivity index (χ1n) is 6.66. The van der Waals surface area contributed by atoms with E-state index in [4.69, 9.17) is 5.73 Å². The van der Waals surface area contributed by atoms with Gasteiger partial charge in [-0.3, -0.25) is 0 Å². The SMILES string of the molecule is CC(C)(c1ccccc1)C(N)Cc1cc(F)ccc1Br. The van der Waals surface area contributed by atoms with Crippen LogP contribution in [0.15, 0.2) is 53.0 Å². The van der Waals surface area contributed by atoms with Gasteiger partial charge in [-0.25, -0.2) is 4.39 Å². The van der Waals surface area contributed by atoms with Crippen LogP contribution in [-0.4, -0.2) is 6.04 Å². The Kier molecular flexibility index (Phi) is 4.61. The third-order valence-electron chi connectivity index (χ3n) is 3.89. The van der Waals surface area contributed by atoms with Gasteiger partial charge in [0, 0.05) is 15.9 Å². The molecule has 0 radical (unpaired) electrons. The molecule has 2 rings (SSSR count). The largest absolute Gasteiger partial charge is 0.327 e. The molecule has 0 saturated carbocycles. The van der Waals surface area contributed by atoms with Crippen molar-refractivity contribution >= 4 is 15.9 Å². The molecule has 0 aliphatic heterocycles. The van der Waals surface area contributed by atoms with Crippen molar-refractivity contribution in [1.82, 2.24) is 0 Å². The normalized spacial score (nSPS) is 13.2. The Labute approximate surface area is 128 Å². The van der Waals surface area contributed by atoms with E-state index in [-0.39, 0.29) is 17.3 Å². The minimum Gasteiger partial charge on any atom is -0.327 e. The number of nitrogens with two attached hydrogens (primary N) is 1. The summed E-state index contributed by atoms with van der Waals surface area (Å²) in [5, 5.41) is 0. The summed E-state index contributed by atoms with van der Waals surface area (Å²) in [5.74, 6) is -0.229. The van der Waals surface area contributed by atoms with Crippen LogP contribution in [-0.2, 0) is 11.8 Å². The predicted octanol–water partition coefficient (Wildman–Crippen LogP) is 4.44. The Morgan fingerprint density at radius 3 is 2.45 bits per heavy atom. The lowest BCUT2D eigenvalue weighted by molar-refractivity contribution is 0.405. The highest BCUT2D eigenvalue weighted by Crippen LogP contribution is 2.29. The van der Waals surface area contributed by atoms with Crippen molar-refractivity contribution in [2.24, 2.45) is 5.73 Å². The van der Waals surface area contributed by atoms with Gasteiger partial charge in [-0.2, -0.15) is 0 Å². The van der Waals surface area contributed by atoms with Gasteiger partial charge in [-0.15, -0.1) is 0 Å². The molecule has 0 heterocycles. The summed E-state index contributed by atoms with van der Waals surface area (Å²) in [5.41, 5.74) is 8.32. The quantitative estimate of drug-likeness (QED) is 0.878. The lowest BCUT2D eigenvalue weighted by atomic mass is 9.76. The fraction of sp³-hybridized carbons (Fsp3) is 0.294. The van der Waals surface area contributed by atoms with Crippen LogP contribution in [0.4, 0.5) is 4.39 Å². The summed E-state index contributed by atoms with van der Waals surface area (Å²) in [7, 11) is 0. The van der Waals surface area contributed by atoms with E-state index < -0.39 is 0 Å². The van der Waals surface area contributed by atoms with Gasteiger partial charge in [-0.05, 0) is 35.7 Å². The van der Waals surface area contributed by atoms with E-state index in [1.54, 1.807) is 12.1 Å². The fourth-order valence-corrected chi connectivity index (χ4v) is 2.68. The fourth-order valence-electron chi connectivity index (χ4n) is 2.27. The summed E-state index contributed by atoms with van der Waals surface area (Å²) < 4.78 is 14.3. The zero-order chi connectivity index (χ0) is 14.8. The highest BCUT2D eigenvalue weighted by molar-refractivity contribution is 9.10. The third-order valence-corrected chi connectivity index (χ3v) is 4.67. The average Bonchev–Trinajstić information content (AvgIpc) is 2.43. The van der Waals surface area contributed by atoms with Crippen LogP contribution in [0.3, 0.4) is 0 Å². The van der Waals surface area contributed by atoms with Crippen molar-refractivity contribution in [2.75, 3.05) is 0 Å². The zero-order valence-electron chi connectivity index (χ0n) is 11.7. The molecule has 0 bridgehead atoms. The first-order chi connectivity index (χ1) is 9.41. The average molecular weight is 336 g/mol. The van der Waals surface area contributed by atoms with Gasteiger partial charge in [0.05, 0.1) is 0 Å². The molecule has 0 aromatic heterocycles. The molecule has 1 unspecified atom stereocenters. The lowest BCUT2D eigenvalue weighted by Crippen LogP contribution is -2.42. The highest BCUT2D eigenvalue weighted by Gasteiger charge is 2.28. The standard InChI is InChI=1S/C17H19BrFN/c1-17(2,13-6-4-3-5-7-13)16(20)11-12-10-14(19)8-9-15(12)18/h3-10,16H,11,20H2,1-2H3. The van der Waals surface area contributed by atoms with Crippen LogP contribution in [0, 0.1) is 5.82 Å². The molecule has 2 N–H and O–H groups in total. The summed E-state index contributed by atoms with van der Waals surface area (Å²) >= 11 is 3.46. The van der Waals surface area contributed by atoms with Crippen molar-refractivity contribution in [3.63, 3.8) is 0 Å². The molecule has 2 aromatic rings. The second kappa shape index (κ2) is 6.06. The Morgan fingerprint density at radius 2 is 1.80 bits per heavy atom. The van der Waals surface area contributed by atoms with Gasteiger partial charge in [0.15, 0.2) is 0 Å². The first kappa shape index (κ1) is 15.2. The summed E-state index contributed by atoms with van der Waals surface area (Å²) in [6, 6.07) is 14.8. The van der Waals surface area contributed by atoms with E-state index in [9.17, 15) is 4.39 Å². The molecule has 0 fully saturated rings. The van der Waals surface area contributed by atoms with Crippen LogP contribution in [0.1, 0.15) is 25.0 Å².